The summed E-state index contributed by atoms with van der Waals surface area (Å²) in [5.41, 5.74) is 4.57. The van der Waals surface area contributed by atoms with Crippen molar-refractivity contribution in [3.8, 4) is 5.75 Å². The molecule has 3 N–H and O–H groups in total. The lowest BCUT2D eigenvalue weighted by molar-refractivity contribution is -0.183. The smallest absolute Gasteiger partial charge is 0.396 e. The van der Waals surface area contributed by atoms with E-state index in [0.717, 1.165) is 0 Å². The monoisotopic (exact) mass is 415 g/mol. The zero-order chi connectivity index (χ0) is 14.8. The number of anilines is 1. The first-order valence-corrected chi connectivity index (χ1v) is 6.14. The Labute approximate surface area is 138 Å². The van der Waals surface area contributed by atoms with Crippen molar-refractivity contribution in [2.24, 2.45) is 16.1 Å². The third-order valence-electron chi connectivity index (χ3n) is 3.37. The fourth-order valence-corrected chi connectivity index (χ4v) is 1.78. The van der Waals surface area contributed by atoms with Gasteiger partial charge in [-0.3, -0.25) is 4.99 Å². The fourth-order valence-electron chi connectivity index (χ4n) is 1.78. The molecule has 4 nitrogen and oxygen atoms in total. The highest BCUT2D eigenvalue weighted by molar-refractivity contribution is 14.0. The predicted molar refractivity (Wildman–Crippen MR) is 86.2 cm³/mol. The maximum Gasteiger partial charge on any atom is 0.396 e. The lowest BCUT2D eigenvalue weighted by atomic mass is 10.1. The Morgan fingerprint density at radius 1 is 1.33 bits per heavy atom. The number of methoxy groups -OCH3 is 1. The average molecular weight is 415 g/mol. The van der Waals surface area contributed by atoms with Crippen molar-refractivity contribution in [2.45, 2.75) is 19.0 Å². The first-order valence-electron chi connectivity index (χ1n) is 6.14. The maximum absolute atomic E-state index is 12.7. The van der Waals surface area contributed by atoms with Crippen LogP contribution >= 0.6 is 24.0 Å². The van der Waals surface area contributed by atoms with E-state index in [2.05, 4.69) is 10.3 Å². The van der Waals surface area contributed by atoms with Gasteiger partial charge in [0.15, 0.2) is 5.96 Å². The first kappa shape index (κ1) is 17.9. The van der Waals surface area contributed by atoms with Crippen LogP contribution in [0.15, 0.2) is 29.3 Å². The molecule has 1 fully saturated rings. The van der Waals surface area contributed by atoms with Crippen molar-refractivity contribution in [1.29, 1.82) is 0 Å². The van der Waals surface area contributed by atoms with Crippen LogP contribution in [0.5, 0.6) is 5.75 Å². The van der Waals surface area contributed by atoms with Crippen LogP contribution in [-0.2, 0) is 0 Å². The second-order valence-corrected chi connectivity index (χ2v) is 4.83. The standard InChI is InChI=1S/C13H16F3N3O.HI/c1-20-10-4-2-9(3-5-10)19-11(17)18-8-12(6-7-12)13(14,15)16;/h2-5H,6-8H2,1H3,(H3,17,18,19);1H. The molecule has 118 valence electrons. The van der Waals surface area contributed by atoms with E-state index in [4.69, 9.17) is 10.5 Å². The number of benzene rings is 1. The van der Waals surface area contributed by atoms with Gasteiger partial charge in [-0.15, -0.1) is 24.0 Å². The van der Waals surface area contributed by atoms with Gasteiger partial charge < -0.3 is 15.8 Å². The number of aliphatic imine (C=N–C) groups is 1. The number of hydrogen-bond donors (Lipinski definition) is 2. The van der Waals surface area contributed by atoms with Gasteiger partial charge in [0, 0.05) is 5.69 Å². The highest BCUT2D eigenvalue weighted by Crippen LogP contribution is 2.57. The first-order chi connectivity index (χ1) is 9.36. The Morgan fingerprint density at radius 2 is 1.90 bits per heavy atom. The topological polar surface area (TPSA) is 59.6 Å². The molecule has 1 aromatic rings. The highest BCUT2D eigenvalue weighted by Gasteiger charge is 2.63. The molecule has 0 bridgehead atoms. The van der Waals surface area contributed by atoms with Crippen molar-refractivity contribution in [2.75, 3.05) is 19.0 Å². The number of halogens is 4. The van der Waals surface area contributed by atoms with Crippen molar-refractivity contribution in [3.05, 3.63) is 24.3 Å². The Kier molecular flexibility index (Phi) is 5.71. The molecule has 0 heterocycles. The van der Waals surface area contributed by atoms with E-state index in [9.17, 15) is 13.2 Å². The molecule has 0 aliphatic heterocycles. The molecule has 0 atom stereocenters. The van der Waals surface area contributed by atoms with E-state index in [-0.39, 0.29) is 49.3 Å². The second kappa shape index (κ2) is 6.71. The number of nitrogens with two attached hydrogens (primary N) is 1. The third kappa shape index (κ3) is 4.39. The van der Waals surface area contributed by atoms with E-state index in [0.29, 0.717) is 11.4 Å². The van der Waals surface area contributed by atoms with E-state index >= 15 is 0 Å². The predicted octanol–water partition coefficient (Wildman–Crippen LogP) is 3.38. The zero-order valence-electron chi connectivity index (χ0n) is 11.4. The minimum atomic E-state index is -4.21. The molecule has 1 aliphatic rings. The van der Waals surface area contributed by atoms with E-state index in [1.165, 1.54) is 0 Å². The number of nitrogens with one attached hydrogen (secondary N) is 1. The molecular weight excluding hydrogens is 398 g/mol. The number of hydrogen-bond acceptors (Lipinski definition) is 2. The molecule has 0 aromatic heterocycles. The SMILES string of the molecule is COc1ccc(NC(N)=NCC2(C(F)(F)F)CC2)cc1.I. The summed E-state index contributed by atoms with van der Waals surface area (Å²) >= 11 is 0. The largest absolute Gasteiger partial charge is 0.497 e. The van der Waals surface area contributed by atoms with Crippen LogP contribution in [0.1, 0.15) is 12.8 Å². The van der Waals surface area contributed by atoms with Crippen molar-refractivity contribution in [3.63, 3.8) is 0 Å². The van der Waals surface area contributed by atoms with Gasteiger partial charge in [0.05, 0.1) is 19.1 Å². The summed E-state index contributed by atoms with van der Waals surface area (Å²) in [5.74, 6) is 0.658. The summed E-state index contributed by atoms with van der Waals surface area (Å²) in [6.45, 7) is -0.328. The van der Waals surface area contributed by atoms with Crippen LogP contribution in [0, 0.1) is 5.41 Å². The van der Waals surface area contributed by atoms with Crippen LogP contribution in [0.3, 0.4) is 0 Å². The summed E-state index contributed by atoms with van der Waals surface area (Å²) in [7, 11) is 1.55. The van der Waals surface area contributed by atoms with Gasteiger partial charge in [-0.2, -0.15) is 13.2 Å². The van der Waals surface area contributed by atoms with Gasteiger partial charge in [-0.25, -0.2) is 0 Å². The molecular formula is C13H17F3IN3O. The van der Waals surface area contributed by atoms with Crippen LogP contribution in [-0.4, -0.2) is 25.8 Å². The summed E-state index contributed by atoms with van der Waals surface area (Å²) in [6.07, 6.45) is -3.97. The maximum atomic E-state index is 12.7. The molecule has 1 aliphatic carbocycles. The van der Waals surface area contributed by atoms with Gasteiger partial charge in [-0.05, 0) is 37.1 Å². The van der Waals surface area contributed by atoms with Crippen LogP contribution < -0.4 is 15.8 Å². The second-order valence-electron chi connectivity index (χ2n) is 4.83. The molecule has 0 unspecified atom stereocenters. The minimum Gasteiger partial charge on any atom is -0.497 e. The summed E-state index contributed by atoms with van der Waals surface area (Å²) in [5, 5.41) is 2.75. The molecule has 2 rings (SSSR count). The normalized spacial score (nSPS) is 16.9. The molecule has 0 saturated heterocycles. The quantitative estimate of drug-likeness (QED) is 0.451. The molecule has 0 amide bonds. The molecule has 8 heteroatoms. The Bertz CT molecular complexity index is 498. The summed E-state index contributed by atoms with van der Waals surface area (Å²) < 4.78 is 43.1. The van der Waals surface area contributed by atoms with Crippen molar-refractivity contribution < 1.29 is 17.9 Å². The van der Waals surface area contributed by atoms with Gasteiger partial charge in [-0.1, -0.05) is 0 Å². The van der Waals surface area contributed by atoms with Crippen molar-refractivity contribution >= 4 is 35.6 Å². The summed E-state index contributed by atoms with van der Waals surface area (Å²) in [4.78, 5) is 3.79. The lowest BCUT2D eigenvalue weighted by Crippen LogP contribution is -2.30. The fraction of sp³-hybridized carbons (Fsp3) is 0.462. The van der Waals surface area contributed by atoms with Crippen LogP contribution in [0.2, 0.25) is 0 Å². The molecule has 1 aromatic carbocycles. The van der Waals surface area contributed by atoms with E-state index in [1.807, 2.05) is 0 Å². The average Bonchev–Trinajstić information content (AvgIpc) is 3.18. The molecule has 0 radical (unpaired) electrons. The number of nitrogens with zero attached hydrogens (tertiary/aromatic N) is 1. The lowest BCUT2D eigenvalue weighted by Gasteiger charge is -2.17. The Morgan fingerprint density at radius 3 is 2.33 bits per heavy atom. The number of guanidine groups is 1. The molecule has 0 spiro atoms. The van der Waals surface area contributed by atoms with Gasteiger partial charge in [0.25, 0.3) is 0 Å². The number of ether oxygens (including phenoxy) is 1. The van der Waals surface area contributed by atoms with Gasteiger partial charge in [0.2, 0.25) is 0 Å². The van der Waals surface area contributed by atoms with E-state index in [1.54, 1.807) is 31.4 Å². The zero-order valence-corrected chi connectivity index (χ0v) is 13.7. The van der Waals surface area contributed by atoms with Crippen LogP contribution in [0.25, 0.3) is 0 Å². The number of alkyl halides is 3. The summed E-state index contributed by atoms with van der Waals surface area (Å²) in [6, 6.07) is 6.84. The minimum absolute atomic E-state index is 0. The third-order valence-corrected chi connectivity index (χ3v) is 3.37. The van der Waals surface area contributed by atoms with Gasteiger partial charge in [0.1, 0.15) is 5.75 Å². The molecule has 21 heavy (non-hydrogen) atoms. The van der Waals surface area contributed by atoms with E-state index < -0.39 is 11.6 Å². The Balaban J connectivity index is 0.00000220. The van der Waals surface area contributed by atoms with Gasteiger partial charge >= 0.3 is 6.18 Å². The Hall–Kier alpha value is -1.19. The highest BCUT2D eigenvalue weighted by atomic mass is 127. The molecule has 1 saturated carbocycles. The number of rotatable bonds is 4. The van der Waals surface area contributed by atoms with Crippen molar-refractivity contribution in [1.82, 2.24) is 0 Å². The van der Waals surface area contributed by atoms with Crippen LogP contribution in [0.4, 0.5) is 18.9 Å².